The van der Waals surface area contributed by atoms with Crippen LogP contribution in [0.25, 0.3) is 0 Å². The molecule has 1 saturated heterocycles. The number of nitrogens with zero attached hydrogens (tertiary/aromatic N) is 1. The summed E-state index contributed by atoms with van der Waals surface area (Å²) in [6, 6.07) is 14.9. The van der Waals surface area contributed by atoms with Gasteiger partial charge in [0.25, 0.3) is 5.91 Å². The van der Waals surface area contributed by atoms with Gasteiger partial charge < -0.3 is 15.0 Å². The lowest BCUT2D eigenvalue weighted by Crippen LogP contribution is -2.30. The lowest BCUT2D eigenvalue weighted by Gasteiger charge is -2.28. The second-order valence-corrected chi connectivity index (χ2v) is 7.00. The number of benzene rings is 2. The van der Waals surface area contributed by atoms with E-state index in [1.54, 1.807) is 19.1 Å². The van der Waals surface area contributed by atoms with Gasteiger partial charge in [-0.1, -0.05) is 17.7 Å². The summed E-state index contributed by atoms with van der Waals surface area (Å²) in [4.78, 5) is 26.8. The summed E-state index contributed by atoms with van der Waals surface area (Å²) < 4.78 is 5.27. The average Bonchev–Trinajstić information content (AvgIpc) is 2.69. The van der Waals surface area contributed by atoms with Crippen molar-refractivity contribution in [2.45, 2.75) is 39.2 Å². The van der Waals surface area contributed by atoms with Gasteiger partial charge in [0.15, 0.2) is 6.10 Å². The molecule has 1 atom stereocenters. The highest BCUT2D eigenvalue weighted by molar-refractivity contribution is 5.97. The van der Waals surface area contributed by atoms with Crippen LogP contribution >= 0.6 is 0 Å². The van der Waals surface area contributed by atoms with Crippen LogP contribution in [0, 0.1) is 6.92 Å². The monoisotopic (exact) mass is 366 g/mol. The number of esters is 1. The Morgan fingerprint density at radius 2 is 1.59 bits per heavy atom. The van der Waals surface area contributed by atoms with E-state index in [9.17, 15) is 9.59 Å². The van der Waals surface area contributed by atoms with Crippen LogP contribution in [0.3, 0.4) is 0 Å². The van der Waals surface area contributed by atoms with E-state index in [2.05, 4.69) is 10.2 Å². The zero-order valence-electron chi connectivity index (χ0n) is 15.9. The van der Waals surface area contributed by atoms with Gasteiger partial charge in [-0.3, -0.25) is 4.79 Å². The summed E-state index contributed by atoms with van der Waals surface area (Å²) in [7, 11) is 0. The highest BCUT2D eigenvalue weighted by atomic mass is 16.5. The highest BCUT2D eigenvalue weighted by Crippen LogP contribution is 2.22. The summed E-state index contributed by atoms with van der Waals surface area (Å²) in [5.74, 6) is -0.848. The minimum Gasteiger partial charge on any atom is -0.449 e. The summed E-state index contributed by atoms with van der Waals surface area (Å²) >= 11 is 0. The van der Waals surface area contributed by atoms with Crippen molar-refractivity contribution >= 4 is 23.3 Å². The van der Waals surface area contributed by atoms with Crippen LogP contribution in [0.5, 0.6) is 0 Å². The number of hydrogen-bond donors (Lipinski definition) is 1. The normalized spacial score (nSPS) is 15.1. The molecular weight excluding hydrogens is 340 g/mol. The number of amides is 1. The molecule has 0 unspecified atom stereocenters. The average molecular weight is 366 g/mol. The first kappa shape index (κ1) is 19.0. The van der Waals surface area contributed by atoms with Gasteiger partial charge in [0.1, 0.15) is 0 Å². The fourth-order valence-electron chi connectivity index (χ4n) is 3.12. The van der Waals surface area contributed by atoms with Gasteiger partial charge in [0, 0.05) is 24.5 Å². The van der Waals surface area contributed by atoms with Crippen LogP contribution in [-0.4, -0.2) is 31.1 Å². The molecular formula is C22H26N2O3. The molecule has 0 aliphatic carbocycles. The fourth-order valence-corrected chi connectivity index (χ4v) is 3.12. The summed E-state index contributed by atoms with van der Waals surface area (Å²) in [6.07, 6.45) is 2.87. The molecule has 1 N–H and O–H groups in total. The molecule has 2 aromatic carbocycles. The first-order chi connectivity index (χ1) is 13.0. The first-order valence-corrected chi connectivity index (χ1v) is 9.46. The number of hydrogen-bond acceptors (Lipinski definition) is 4. The van der Waals surface area contributed by atoms with E-state index in [4.69, 9.17) is 4.74 Å². The van der Waals surface area contributed by atoms with Gasteiger partial charge in [-0.25, -0.2) is 4.79 Å². The molecule has 1 aliphatic heterocycles. The molecule has 1 heterocycles. The summed E-state index contributed by atoms with van der Waals surface area (Å²) in [5, 5.41) is 2.80. The Morgan fingerprint density at radius 3 is 2.22 bits per heavy atom. The van der Waals surface area contributed by atoms with Crippen LogP contribution in [-0.2, 0) is 9.53 Å². The lowest BCUT2D eigenvalue weighted by molar-refractivity contribution is -0.123. The molecule has 0 radical (unpaired) electrons. The molecule has 5 nitrogen and oxygen atoms in total. The predicted molar refractivity (Wildman–Crippen MR) is 107 cm³/mol. The third-order valence-electron chi connectivity index (χ3n) is 4.80. The smallest absolute Gasteiger partial charge is 0.338 e. The van der Waals surface area contributed by atoms with Gasteiger partial charge in [0.05, 0.1) is 5.56 Å². The SMILES string of the molecule is Cc1ccc(C(=O)O[C@H](C)C(=O)Nc2ccc(N3CCCCC3)cc2)cc1. The highest BCUT2D eigenvalue weighted by Gasteiger charge is 2.19. The Morgan fingerprint density at radius 1 is 0.963 bits per heavy atom. The molecule has 2 aromatic rings. The maximum absolute atomic E-state index is 12.3. The van der Waals surface area contributed by atoms with Crippen molar-refractivity contribution in [1.82, 2.24) is 0 Å². The van der Waals surface area contributed by atoms with Crippen molar-refractivity contribution in [3.05, 3.63) is 59.7 Å². The quantitative estimate of drug-likeness (QED) is 0.807. The van der Waals surface area contributed by atoms with Crippen molar-refractivity contribution in [3.8, 4) is 0 Å². The van der Waals surface area contributed by atoms with E-state index in [0.717, 1.165) is 18.7 Å². The molecule has 1 fully saturated rings. The molecule has 0 bridgehead atoms. The van der Waals surface area contributed by atoms with Crippen molar-refractivity contribution in [3.63, 3.8) is 0 Å². The fraction of sp³-hybridized carbons (Fsp3) is 0.364. The maximum Gasteiger partial charge on any atom is 0.338 e. The number of nitrogens with one attached hydrogen (secondary N) is 1. The van der Waals surface area contributed by atoms with Gasteiger partial charge in [0.2, 0.25) is 0 Å². The Labute approximate surface area is 160 Å². The van der Waals surface area contributed by atoms with Crippen LogP contribution in [0.4, 0.5) is 11.4 Å². The maximum atomic E-state index is 12.3. The second kappa shape index (κ2) is 8.71. The van der Waals surface area contributed by atoms with E-state index in [1.165, 1.54) is 24.9 Å². The Bertz CT molecular complexity index is 778. The summed E-state index contributed by atoms with van der Waals surface area (Å²) in [5.41, 5.74) is 3.36. The van der Waals surface area contributed by atoms with E-state index in [1.807, 2.05) is 43.3 Å². The molecule has 142 valence electrons. The van der Waals surface area contributed by atoms with Crippen molar-refractivity contribution < 1.29 is 14.3 Å². The van der Waals surface area contributed by atoms with E-state index >= 15 is 0 Å². The third kappa shape index (κ3) is 5.09. The third-order valence-corrected chi connectivity index (χ3v) is 4.80. The Hall–Kier alpha value is -2.82. The largest absolute Gasteiger partial charge is 0.449 e. The standard InChI is InChI=1S/C22H26N2O3/c1-16-6-8-18(9-7-16)22(26)27-17(2)21(25)23-19-10-12-20(13-11-19)24-14-4-3-5-15-24/h6-13,17H,3-5,14-15H2,1-2H3,(H,23,25)/t17-/m1/s1. The van der Waals surface area contributed by atoms with Crippen LogP contribution in [0.15, 0.2) is 48.5 Å². The van der Waals surface area contributed by atoms with Crippen molar-refractivity contribution in [1.29, 1.82) is 0 Å². The van der Waals surface area contributed by atoms with Crippen LogP contribution in [0.1, 0.15) is 42.1 Å². The van der Waals surface area contributed by atoms with Gasteiger partial charge in [-0.2, -0.15) is 0 Å². The lowest BCUT2D eigenvalue weighted by atomic mass is 10.1. The minimum absolute atomic E-state index is 0.346. The molecule has 1 aliphatic rings. The number of piperidine rings is 1. The van der Waals surface area contributed by atoms with E-state index in [-0.39, 0.29) is 5.91 Å². The molecule has 3 rings (SSSR count). The molecule has 0 aromatic heterocycles. The number of aryl methyl sites for hydroxylation is 1. The number of ether oxygens (including phenoxy) is 1. The van der Waals surface area contributed by atoms with Crippen LogP contribution in [0.2, 0.25) is 0 Å². The second-order valence-electron chi connectivity index (χ2n) is 7.00. The number of rotatable bonds is 5. The van der Waals surface area contributed by atoms with E-state index in [0.29, 0.717) is 11.3 Å². The zero-order chi connectivity index (χ0) is 19.2. The molecule has 1 amide bonds. The number of anilines is 2. The summed E-state index contributed by atoms with van der Waals surface area (Å²) in [6.45, 7) is 5.68. The zero-order valence-corrected chi connectivity index (χ0v) is 15.9. The molecule has 5 heteroatoms. The van der Waals surface area contributed by atoms with Gasteiger partial charge >= 0.3 is 5.97 Å². The number of carbonyl (C=O) groups excluding carboxylic acids is 2. The minimum atomic E-state index is -0.874. The topological polar surface area (TPSA) is 58.6 Å². The predicted octanol–water partition coefficient (Wildman–Crippen LogP) is 4.17. The Balaban J connectivity index is 1.54. The number of carbonyl (C=O) groups is 2. The molecule has 0 saturated carbocycles. The van der Waals surface area contributed by atoms with E-state index < -0.39 is 12.1 Å². The van der Waals surface area contributed by atoms with Crippen LogP contribution < -0.4 is 10.2 Å². The van der Waals surface area contributed by atoms with Gasteiger partial charge in [-0.15, -0.1) is 0 Å². The molecule has 0 spiro atoms. The first-order valence-electron chi connectivity index (χ1n) is 9.46. The molecule has 27 heavy (non-hydrogen) atoms. The van der Waals surface area contributed by atoms with Crippen molar-refractivity contribution in [2.75, 3.05) is 23.3 Å². The van der Waals surface area contributed by atoms with Crippen molar-refractivity contribution in [2.24, 2.45) is 0 Å². The van der Waals surface area contributed by atoms with Gasteiger partial charge in [-0.05, 0) is 69.5 Å². The Kier molecular flexibility index (Phi) is 6.12.